The van der Waals surface area contributed by atoms with Crippen LogP contribution < -0.4 is 4.90 Å². The zero-order chi connectivity index (χ0) is 9.10. The van der Waals surface area contributed by atoms with Crippen molar-refractivity contribution in [1.82, 2.24) is 10.2 Å². The summed E-state index contributed by atoms with van der Waals surface area (Å²) < 4.78 is 5.12. The molecule has 5 heteroatoms. The van der Waals surface area contributed by atoms with Gasteiger partial charge in [0.2, 0.25) is 5.89 Å². The van der Waals surface area contributed by atoms with Gasteiger partial charge in [-0.1, -0.05) is 0 Å². The van der Waals surface area contributed by atoms with E-state index in [1.165, 1.54) is 25.9 Å². The summed E-state index contributed by atoms with van der Waals surface area (Å²) in [5.74, 6) is 0.685. The second-order valence-corrected chi connectivity index (χ2v) is 3.77. The van der Waals surface area contributed by atoms with Crippen molar-refractivity contribution < 1.29 is 9.32 Å². The fraction of sp³-hybridized carbons (Fsp3) is 0.750. The summed E-state index contributed by atoms with van der Waals surface area (Å²) in [6.07, 6.45) is 3.57. The Morgan fingerprint density at radius 2 is 2.08 bits per heavy atom. The molecule has 1 aliphatic rings. The number of aromatic nitrogens is 2. The number of rotatable bonds is 3. The van der Waals surface area contributed by atoms with Crippen molar-refractivity contribution in [2.75, 3.05) is 19.6 Å². The van der Waals surface area contributed by atoms with Gasteiger partial charge in [0.1, 0.15) is 0 Å². The first-order valence-corrected chi connectivity index (χ1v) is 5.08. The fourth-order valence-corrected chi connectivity index (χ4v) is 1.88. The molecule has 2 rings (SSSR count). The fourth-order valence-electron chi connectivity index (χ4n) is 1.75. The van der Waals surface area contributed by atoms with Crippen molar-refractivity contribution >= 4 is 12.6 Å². The predicted molar refractivity (Wildman–Crippen MR) is 48.4 cm³/mol. The van der Waals surface area contributed by atoms with E-state index in [0.717, 1.165) is 13.0 Å². The number of hydrogen-bond donors (Lipinski definition) is 1. The third-order valence-corrected chi connectivity index (χ3v) is 2.62. The number of nitrogens with one attached hydrogen (secondary N) is 1. The molecular formula is C8H13N3OS. The Labute approximate surface area is 82.7 Å². The van der Waals surface area contributed by atoms with Crippen LogP contribution >= 0.6 is 0 Å². The molecule has 0 aromatic carbocycles. The highest BCUT2D eigenvalue weighted by Gasteiger charge is 2.15. The molecule has 2 heterocycles. The van der Waals surface area contributed by atoms with Crippen molar-refractivity contribution in [3.8, 4) is 0 Å². The average Bonchev–Trinajstić information content (AvgIpc) is 2.71. The Balaban J connectivity index is 1.78. The Kier molecular flexibility index (Phi) is 2.75. The summed E-state index contributed by atoms with van der Waals surface area (Å²) in [6, 6.07) is 0. The van der Waals surface area contributed by atoms with Gasteiger partial charge in [-0.05, 0) is 0 Å². The van der Waals surface area contributed by atoms with Crippen molar-refractivity contribution in [2.24, 2.45) is 0 Å². The van der Waals surface area contributed by atoms with Crippen LogP contribution in [0.25, 0.3) is 0 Å². The molecule has 0 bridgehead atoms. The van der Waals surface area contributed by atoms with Gasteiger partial charge in [0.15, 0.2) is 0 Å². The van der Waals surface area contributed by atoms with Gasteiger partial charge in [0.05, 0.1) is 31.3 Å². The van der Waals surface area contributed by atoms with Gasteiger partial charge in [-0.3, -0.25) is 0 Å². The molecule has 0 atom stereocenters. The first kappa shape index (κ1) is 8.90. The van der Waals surface area contributed by atoms with Crippen LogP contribution in [0.5, 0.6) is 0 Å². The lowest BCUT2D eigenvalue weighted by atomic mass is 10.4. The SMILES string of the molecule is [S-]c1nnc(CC[NH+]2CCCC2)o1. The highest BCUT2D eigenvalue weighted by atomic mass is 32.1. The molecule has 1 fully saturated rings. The van der Waals surface area contributed by atoms with Crippen LogP contribution in [0, 0.1) is 0 Å². The minimum atomic E-state index is 0.256. The molecule has 1 aliphatic heterocycles. The van der Waals surface area contributed by atoms with Crippen LogP contribution in [0.15, 0.2) is 9.64 Å². The van der Waals surface area contributed by atoms with E-state index < -0.39 is 0 Å². The Hall–Kier alpha value is -0.680. The third kappa shape index (κ3) is 2.38. The van der Waals surface area contributed by atoms with E-state index in [1.807, 2.05) is 0 Å². The van der Waals surface area contributed by atoms with Gasteiger partial charge >= 0.3 is 0 Å². The van der Waals surface area contributed by atoms with E-state index in [9.17, 15) is 0 Å². The zero-order valence-electron chi connectivity index (χ0n) is 7.45. The molecule has 0 aliphatic carbocycles. The lowest BCUT2D eigenvalue weighted by Crippen LogP contribution is -3.10. The number of quaternary nitrogens is 1. The summed E-state index contributed by atoms with van der Waals surface area (Å²) >= 11 is 4.73. The molecule has 0 saturated carbocycles. The first-order chi connectivity index (χ1) is 6.34. The maximum atomic E-state index is 5.12. The predicted octanol–water partition coefficient (Wildman–Crippen LogP) is -0.803. The number of likely N-dealkylation sites (tertiary alicyclic amines) is 1. The Bertz CT molecular complexity index is 270. The van der Waals surface area contributed by atoms with Crippen molar-refractivity contribution in [1.29, 1.82) is 0 Å². The molecule has 1 aromatic heterocycles. The molecule has 0 amide bonds. The summed E-state index contributed by atoms with van der Waals surface area (Å²) in [7, 11) is 0. The molecule has 1 aromatic rings. The van der Waals surface area contributed by atoms with Gasteiger partial charge in [-0.15, -0.1) is 10.2 Å². The summed E-state index contributed by atoms with van der Waals surface area (Å²) in [5, 5.41) is 7.75. The minimum absolute atomic E-state index is 0.256. The van der Waals surface area contributed by atoms with Crippen molar-refractivity contribution in [3.05, 3.63) is 5.89 Å². The van der Waals surface area contributed by atoms with E-state index in [1.54, 1.807) is 4.90 Å². The minimum Gasteiger partial charge on any atom is -0.719 e. The first-order valence-electron chi connectivity index (χ1n) is 4.67. The molecule has 0 radical (unpaired) electrons. The largest absolute Gasteiger partial charge is 0.719 e. The van der Waals surface area contributed by atoms with E-state index in [0.29, 0.717) is 5.89 Å². The highest BCUT2D eigenvalue weighted by Crippen LogP contribution is 1.97. The quantitative estimate of drug-likeness (QED) is 0.647. The maximum Gasteiger partial charge on any atom is 0.219 e. The van der Waals surface area contributed by atoms with E-state index in [2.05, 4.69) is 10.2 Å². The van der Waals surface area contributed by atoms with Crippen LogP contribution in [0.3, 0.4) is 0 Å². The van der Waals surface area contributed by atoms with E-state index in [-0.39, 0.29) is 5.22 Å². The summed E-state index contributed by atoms with van der Waals surface area (Å²) in [5.41, 5.74) is 0. The number of nitrogens with zero attached hydrogens (tertiary/aromatic N) is 2. The van der Waals surface area contributed by atoms with Crippen LogP contribution in [-0.2, 0) is 19.0 Å². The highest BCUT2D eigenvalue weighted by molar-refractivity contribution is 7.58. The summed E-state index contributed by atoms with van der Waals surface area (Å²) in [6.45, 7) is 3.67. The van der Waals surface area contributed by atoms with Gasteiger partial charge in [-0.25, -0.2) is 0 Å². The number of hydrogen-bond acceptors (Lipinski definition) is 4. The molecule has 1 N–H and O–H groups in total. The van der Waals surface area contributed by atoms with Crippen molar-refractivity contribution in [3.63, 3.8) is 0 Å². The molecular weight excluding hydrogens is 186 g/mol. The average molecular weight is 199 g/mol. The molecule has 13 heavy (non-hydrogen) atoms. The molecule has 4 nitrogen and oxygen atoms in total. The standard InChI is InChI=1S/C8H13N3OS/c13-8-10-9-7(12-8)3-6-11-4-1-2-5-11/h1-6H2,(H,10,13). The van der Waals surface area contributed by atoms with Crippen LogP contribution in [0.1, 0.15) is 18.7 Å². The van der Waals surface area contributed by atoms with E-state index in [4.69, 9.17) is 17.0 Å². The lowest BCUT2D eigenvalue weighted by molar-refractivity contribution is -0.887. The topological polar surface area (TPSA) is 43.4 Å². The lowest BCUT2D eigenvalue weighted by Gasteiger charge is -2.09. The molecule has 0 unspecified atom stereocenters. The Morgan fingerprint density at radius 1 is 1.31 bits per heavy atom. The van der Waals surface area contributed by atoms with Gasteiger partial charge in [0.25, 0.3) is 0 Å². The van der Waals surface area contributed by atoms with Gasteiger partial charge in [0, 0.05) is 12.8 Å². The third-order valence-electron chi connectivity index (χ3n) is 2.45. The van der Waals surface area contributed by atoms with Crippen LogP contribution in [0.4, 0.5) is 0 Å². The molecule has 72 valence electrons. The summed E-state index contributed by atoms with van der Waals surface area (Å²) in [4.78, 5) is 1.64. The van der Waals surface area contributed by atoms with Gasteiger partial charge in [-0.2, -0.15) is 0 Å². The monoisotopic (exact) mass is 199 g/mol. The van der Waals surface area contributed by atoms with Crippen LogP contribution in [0.2, 0.25) is 0 Å². The van der Waals surface area contributed by atoms with Crippen molar-refractivity contribution in [2.45, 2.75) is 24.5 Å². The van der Waals surface area contributed by atoms with Crippen LogP contribution in [-0.4, -0.2) is 29.8 Å². The van der Waals surface area contributed by atoms with E-state index >= 15 is 0 Å². The maximum absolute atomic E-state index is 5.12. The zero-order valence-corrected chi connectivity index (χ0v) is 8.27. The molecule has 1 saturated heterocycles. The second kappa shape index (κ2) is 4.02. The molecule has 0 spiro atoms. The second-order valence-electron chi connectivity index (χ2n) is 3.42. The normalized spacial score (nSPS) is 18.2. The van der Waals surface area contributed by atoms with Gasteiger partial charge < -0.3 is 21.9 Å². The smallest absolute Gasteiger partial charge is 0.219 e. The Morgan fingerprint density at radius 3 is 2.69 bits per heavy atom.